The average molecular weight is 381 g/mol. The van der Waals surface area contributed by atoms with Crippen LogP contribution in [0.1, 0.15) is 46.1 Å². The number of hydrogen-bond acceptors (Lipinski definition) is 3. The Kier molecular flexibility index (Phi) is 6.40. The molecule has 0 bridgehead atoms. The number of fused-ring (bicyclic) bond motifs is 1. The largest absolute Gasteiger partial charge is 0.482 e. The van der Waals surface area contributed by atoms with Gasteiger partial charge in [-0.15, -0.1) is 0 Å². The second kappa shape index (κ2) is 8.78. The van der Waals surface area contributed by atoms with Gasteiger partial charge in [0.05, 0.1) is 0 Å². The van der Waals surface area contributed by atoms with Crippen LogP contribution in [0.4, 0.5) is 0 Å². The third-order valence-corrected chi connectivity index (χ3v) is 5.74. The Labute approximate surface area is 169 Å². The first-order chi connectivity index (χ1) is 13.5. The number of para-hydroxylation sites is 1. The van der Waals surface area contributed by atoms with Crippen LogP contribution in [0.5, 0.6) is 5.75 Å². The highest BCUT2D eigenvalue weighted by atomic mass is 16.5. The molecule has 1 saturated heterocycles. The van der Waals surface area contributed by atoms with Crippen LogP contribution in [-0.2, 0) is 4.79 Å². The molecule has 4 heteroatoms. The third-order valence-electron chi connectivity index (χ3n) is 5.74. The van der Waals surface area contributed by atoms with Crippen LogP contribution in [0, 0.1) is 0 Å². The number of rotatable bonds is 5. The minimum absolute atomic E-state index is 0.102. The molecule has 4 nitrogen and oxygen atoms in total. The molecule has 1 spiro atoms. The quantitative estimate of drug-likeness (QED) is 0.610. The highest BCUT2D eigenvalue weighted by molar-refractivity contribution is 5.93. The summed E-state index contributed by atoms with van der Waals surface area (Å²) in [7, 11) is 0. The van der Waals surface area contributed by atoms with Gasteiger partial charge < -0.3 is 15.0 Å². The fourth-order valence-electron chi connectivity index (χ4n) is 3.96. The van der Waals surface area contributed by atoms with E-state index in [4.69, 9.17) is 4.74 Å². The summed E-state index contributed by atoms with van der Waals surface area (Å²) in [5, 5.41) is 3.42. The van der Waals surface area contributed by atoms with E-state index in [-0.39, 0.29) is 11.5 Å². The Hall–Kier alpha value is -2.33. The lowest BCUT2D eigenvalue weighted by Gasteiger charge is -2.40. The Balaban J connectivity index is 1.93. The summed E-state index contributed by atoms with van der Waals surface area (Å²) in [6.45, 7) is 11.4. The van der Waals surface area contributed by atoms with Crippen LogP contribution in [0.2, 0.25) is 0 Å². The number of carbonyl (C=O) groups is 1. The van der Waals surface area contributed by atoms with Gasteiger partial charge in [0, 0.05) is 37.1 Å². The molecule has 3 rings (SSSR count). The minimum atomic E-state index is -0.236. The Morgan fingerprint density at radius 1 is 1.14 bits per heavy atom. The Morgan fingerprint density at radius 3 is 2.50 bits per heavy atom. The molecule has 1 aromatic rings. The van der Waals surface area contributed by atoms with Gasteiger partial charge in [0.1, 0.15) is 11.4 Å². The molecule has 0 radical (unpaired) electrons. The SMILES string of the molecule is CCN(CC)C(=O)/C(C)=C/C=C(\C)C1=CC2(CCNCC2)Oc2ccccc21. The van der Waals surface area contributed by atoms with Gasteiger partial charge in [0.15, 0.2) is 0 Å². The molecule has 150 valence electrons. The molecule has 0 aromatic heterocycles. The lowest BCUT2D eigenvalue weighted by Crippen LogP contribution is -2.46. The molecule has 28 heavy (non-hydrogen) atoms. The standard InChI is InChI=1S/C24H32N2O2/c1-5-26(6-2)23(27)19(4)12-11-18(3)21-17-24(13-15-25-16-14-24)28-22-10-8-7-9-20(21)22/h7-12,17,25H,5-6,13-16H2,1-4H3/b18-11+,19-12+. The fraction of sp³-hybridized carbons (Fsp3) is 0.458. The van der Waals surface area contributed by atoms with Crippen molar-refractivity contribution in [3.63, 3.8) is 0 Å². The van der Waals surface area contributed by atoms with Crippen molar-refractivity contribution in [2.45, 2.75) is 46.1 Å². The molecule has 1 fully saturated rings. The topological polar surface area (TPSA) is 41.6 Å². The van der Waals surface area contributed by atoms with E-state index < -0.39 is 0 Å². The number of likely N-dealkylation sites (N-methyl/N-ethyl adjacent to an activating group) is 1. The van der Waals surface area contributed by atoms with Gasteiger partial charge in [0.25, 0.3) is 0 Å². The van der Waals surface area contributed by atoms with Gasteiger partial charge in [-0.1, -0.05) is 30.4 Å². The summed E-state index contributed by atoms with van der Waals surface area (Å²) in [5.41, 5.74) is 4.02. The minimum Gasteiger partial charge on any atom is -0.482 e. The van der Waals surface area contributed by atoms with Crippen LogP contribution in [0.25, 0.3) is 5.57 Å². The first-order valence-corrected chi connectivity index (χ1v) is 10.4. The summed E-state index contributed by atoms with van der Waals surface area (Å²) in [6.07, 6.45) is 8.25. The Bertz CT molecular complexity index is 810. The van der Waals surface area contributed by atoms with E-state index in [9.17, 15) is 4.79 Å². The van der Waals surface area contributed by atoms with E-state index in [1.54, 1.807) is 0 Å². The Morgan fingerprint density at radius 2 is 1.82 bits per heavy atom. The van der Waals surface area contributed by atoms with Gasteiger partial charge in [0.2, 0.25) is 5.91 Å². The fourth-order valence-corrected chi connectivity index (χ4v) is 3.96. The zero-order valence-electron chi connectivity index (χ0n) is 17.5. The van der Waals surface area contributed by atoms with Crippen LogP contribution >= 0.6 is 0 Å². The van der Waals surface area contributed by atoms with E-state index in [0.717, 1.165) is 61.5 Å². The maximum absolute atomic E-state index is 12.5. The molecule has 1 amide bonds. The highest BCUT2D eigenvalue weighted by Gasteiger charge is 2.36. The molecule has 1 aromatic carbocycles. The third kappa shape index (κ3) is 4.22. The van der Waals surface area contributed by atoms with E-state index in [1.807, 2.05) is 37.8 Å². The van der Waals surface area contributed by atoms with Crippen molar-refractivity contribution in [2.75, 3.05) is 26.2 Å². The molecular formula is C24H32N2O2. The van der Waals surface area contributed by atoms with Crippen molar-refractivity contribution >= 4 is 11.5 Å². The van der Waals surface area contributed by atoms with E-state index in [2.05, 4.69) is 42.6 Å². The van der Waals surface area contributed by atoms with Crippen LogP contribution < -0.4 is 10.1 Å². The number of nitrogens with zero attached hydrogens (tertiary/aromatic N) is 1. The number of carbonyl (C=O) groups excluding carboxylic acids is 1. The number of piperidine rings is 1. The van der Waals surface area contributed by atoms with Crippen LogP contribution in [-0.4, -0.2) is 42.6 Å². The molecule has 0 unspecified atom stereocenters. The average Bonchev–Trinajstić information content (AvgIpc) is 2.72. The maximum Gasteiger partial charge on any atom is 0.249 e. The summed E-state index contributed by atoms with van der Waals surface area (Å²) in [4.78, 5) is 14.4. The number of benzene rings is 1. The van der Waals surface area contributed by atoms with E-state index >= 15 is 0 Å². The van der Waals surface area contributed by atoms with E-state index in [0.29, 0.717) is 0 Å². The molecule has 1 N–H and O–H groups in total. The predicted molar refractivity (Wildman–Crippen MR) is 115 cm³/mol. The van der Waals surface area contributed by atoms with Gasteiger partial charge in [-0.2, -0.15) is 0 Å². The molecule has 0 aliphatic carbocycles. The number of hydrogen-bond donors (Lipinski definition) is 1. The van der Waals surface area contributed by atoms with Crippen molar-refractivity contribution in [3.8, 4) is 5.75 Å². The molecular weight excluding hydrogens is 348 g/mol. The monoisotopic (exact) mass is 380 g/mol. The van der Waals surface area contributed by atoms with E-state index in [1.165, 1.54) is 5.57 Å². The molecule has 0 saturated carbocycles. The molecule has 2 aliphatic heterocycles. The molecule has 2 aliphatic rings. The lowest BCUT2D eigenvalue weighted by molar-refractivity contribution is -0.126. The number of amides is 1. The zero-order chi connectivity index (χ0) is 20.1. The van der Waals surface area contributed by atoms with Crippen LogP contribution in [0.3, 0.4) is 0 Å². The first-order valence-electron chi connectivity index (χ1n) is 10.4. The second-order valence-electron chi connectivity index (χ2n) is 7.65. The van der Waals surface area contributed by atoms with Gasteiger partial charge in [-0.25, -0.2) is 0 Å². The lowest BCUT2D eigenvalue weighted by atomic mass is 9.83. The van der Waals surface area contributed by atoms with Crippen molar-refractivity contribution in [3.05, 3.63) is 59.2 Å². The summed E-state index contributed by atoms with van der Waals surface area (Å²) >= 11 is 0. The number of ether oxygens (including phenoxy) is 1. The van der Waals surface area contributed by atoms with Crippen molar-refractivity contribution in [1.82, 2.24) is 10.2 Å². The molecule has 0 atom stereocenters. The second-order valence-corrected chi connectivity index (χ2v) is 7.65. The van der Waals surface area contributed by atoms with Crippen molar-refractivity contribution in [1.29, 1.82) is 0 Å². The summed E-state index contributed by atoms with van der Waals surface area (Å²) in [6, 6.07) is 8.26. The number of allylic oxidation sites excluding steroid dienone is 4. The zero-order valence-corrected chi connectivity index (χ0v) is 17.5. The van der Waals surface area contributed by atoms with Gasteiger partial charge in [-0.05, 0) is 64.1 Å². The van der Waals surface area contributed by atoms with Gasteiger partial charge in [-0.3, -0.25) is 4.79 Å². The normalized spacial score (nSPS) is 18.9. The van der Waals surface area contributed by atoms with Crippen molar-refractivity contribution < 1.29 is 9.53 Å². The predicted octanol–water partition coefficient (Wildman–Crippen LogP) is 4.35. The first kappa shape index (κ1) is 20.4. The van der Waals surface area contributed by atoms with Crippen LogP contribution in [0.15, 0.2) is 53.6 Å². The summed E-state index contributed by atoms with van der Waals surface area (Å²) in [5.74, 6) is 1.06. The number of nitrogens with one attached hydrogen (secondary N) is 1. The smallest absolute Gasteiger partial charge is 0.249 e. The molecule has 2 heterocycles. The van der Waals surface area contributed by atoms with Gasteiger partial charge >= 0.3 is 0 Å². The maximum atomic E-state index is 12.5. The van der Waals surface area contributed by atoms with Crippen molar-refractivity contribution in [2.24, 2.45) is 0 Å². The highest BCUT2D eigenvalue weighted by Crippen LogP contribution is 2.42. The summed E-state index contributed by atoms with van der Waals surface area (Å²) < 4.78 is 6.45.